The van der Waals surface area contributed by atoms with Gasteiger partial charge in [0.2, 0.25) is 0 Å². The SMILES string of the molecule is Cc1ccc(-n2nc(C(C)(C)C)cc2N(C(N)=O)c2ccc(OCCN3CCOCC3)c3ccccc23)cc1. The van der Waals surface area contributed by atoms with E-state index in [2.05, 4.69) is 25.7 Å². The summed E-state index contributed by atoms with van der Waals surface area (Å²) in [4.78, 5) is 17.0. The van der Waals surface area contributed by atoms with Crippen LogP contribution in [-0.2, 0) is 10.2 Å². The monoisotopic (exact) mass is 527 g/mol. The summed E-state index contributed by atoms with van der Waals surface area (Å²) >= 11 is 0. The molecule has 0 unspecified atom stereocenters. The Hall–Kier alpha value is -3.88. The number of ether oxygens (including phenoxy) is 2. The molecule has 204 valence electrons. The lowest BCUT2D eigenvalue weighted by Gasteiger charge is -2.26. The molecule has 0 saturated carbocycles. The van der Waals surface area contributed by atoms with Crippen molar-refractivity contribution in [1.82, 2.24) is 14.7 Å². The molecule has 1 aliphatic heterocycles. The molecule has 1 aromatic heterocycles. The number of nitrogens with zero attached hydrogens (tertiary/aromatic N) is 4. The maximum Gasteiger partial charge on any atom is 0.325 e. The van der Waals surface area contributed by atoms with E-state index < -0.39 is 6.03 Å². The molecule has 39 heavy (non-hydrogen) atoms. The first-order valence-electron chi connectivity index (χ1n) is 13.4. The summed E-state index contributed by atoms with van der Waals surface area (Å²) in [5.41, 5.74) is 9.38. The van der Waals surface area contributed by atoms with Gasteiger partial charge in [-0.15, -0.1) is 0 Å². The highest BCUT2D eigenvalue weighted by atomic mass is 16.5. The molecule has 0 radical (unpaired) electrons. The van der Waals surface area contributed by atoms with Crippen LogP contribution >= 0.6 is 0 Å². The number of morpholine rings is 1. The van der Waals surface area contributed by atoms with E-state index in [1.165, 1.54) is 0 Å². The molecule has 0 bridgehead atoms. The quantitative estimate of drug-likeness (QED) is 0.340. The highest BCUT2D eigenvalue weighted by molar-refractivity contribution is 6.08. The van der Waals surface area contributed by atoms with E-state index in [9.17, 15) is 4.79 Å². The second kappa shape index (κ2) is 11.1. The van der Waals surface area contributed by atoms with Crippen molar-refractivity contribution in [3.8, 4) is 11.4 Å². The molecule has 0 atom stereocenters. The zero-order valence-corrected chi connectivity index (χ0v) is 23.2. The highest BCUT2D eigenvalue weighted by Gasteiger charge is 2.28. The highest BCUT2D eigenvalue weighted by Crippen LogP contribution is 2.39. The summed E-state index contributed by atoms with van der Waals surface area (Å²) in [5, 5.41) is 6.71. The van der Waals surface area contributed by atoms with Crippen molar-refractivity contribution in [2.24, 2.45) is 5.73 Å². The smallest absolute Gasteiger partial charge is 0.325 e. The first-order valence-corrected chi connectivity index (χ1v) is 13.4. The van der Waals surface area contributed by atoms with Gasteiger partial charge in [0, 0.05) is 41.9 Å². The van der Waals surface area contributed by atoms with E-state index in [1.54, 1.807) is 9.58 Å². The Bertz CT molecular complexity index is 1450. The van der Waals surface area contributed by atoms with Gasteiger partial charge in [-0.2, -0.15) is 5.10 Å². The molecule has 2 amide bonds. The number of nitrogens with two attached hydrogens (primary N) is 1. The molecule has 3 aromatic carbocycles. The minimum atomic E-state index is -0.588. The number of carbonyl (C=O) groups is 1. The second-order valence-corrected chi connectivity index (χ2v) is 11.0. The number of primary amides is 1. The molecule has 0 aliphatic carbocycles. The van der Waals surface area contributed by atoms with Gasteiger partial charge in [-0.25, -0.2) is 14.4 Å². The first kappa shape index (κ1) is 26.7. The summed E-state index contributed by atoms with van der Waals surface area (Å²) in [6.45, 7) is 13.1. The molecular weight excluding hydrogens is 490 g/mol. The summed E-state index contributed by atoms with van der Waals surface area (Å²) in [5.74, 6) is 1.36. The van der Waals surface area contributed by atoms with Crippen LogP contribution in [0.1, 0.15) is 32.0 Å². The van der Waals surface area contributed by atoms with Crippen LogP contribution in [-0.4, -0.2) is 60.2 Å². The van der Waals surface area contributed by atoms with Gasteiger partial charge in [-0.1, -0.05) is 62.7 Å². The van der Waals surface area contributed by atoms with Gasteiger partial charge in [-0.3, -0.25) is 4.90 Å². The number of fused-ring (bicyclic) bond motifs is 1. The van der Waals surface area contributed by atoms with Crippen molar-refractivity contribution in [2.45, 2.75) is 33.1 Å². The van der Waals surface area contributed by atoms with E-state index in [0.29, 0.717) is 18.1 Å². The molecule has 8 heteroatoms. The van der Waals surface area contributed by atoms with E-state index in [-0.39, 0.29) is 5.41 Å². The lowest BCUT2D eigenvalue weighted by atomic mass is 9.92. The molecule has 2 heterocycles. The second-order valence-electron chi connectivity index (χ2n) is 11.0. The molecule has 2 N–H and O–H groups in total. The molecule has 8 nitrogen and oxygen atoms in total. The van der Waals surface area contributed by atoms with Gasteiger partial charge in [-0.05, 0) is 31.2 Å². The van der Waals surface area contributed by atoms with E-state index in [1.807, 2.05) is 73.7 Å². The predicted molar refractivity (Wildman–Crippen MR) is 155 cm³/mol. The van der Waals surface area contributed by atoms with Crippen molar-refractivity contribution in [2.75, 3.05) is 44.4 Å². The van der Waals surface area contributed by atoms with Crippen molar-refractivity contribution in [1.29, 1.82) is 0 Å². The Morgan fingerprint density at radius 2 is 1.72 bits per heavy atom. The van der Waals surface area contributed by atoms with Crippen molar-refractivity contribution < 1.29 is 14.3 Å². The third-order valence-corrected chi connectivity index (χ3v) is 7.06. The fraction of sp³-hybridized carbons (Fsp3) is 0.355. The molecule has 5 rings (SSSR count). The number of urea groups is 1. The Kier molecular flexibility index (Phi) is 7.59. The lowest BCUT2D eigenvalue weighted by Crippen LogP contribution is -2.38. The van der Waals surface area contributed by atoms with Gasteiger partial charge < -0.3 is 15.2 Å². The molecule has 1 aliphatic rings. The van der Waals surface area contributed by atoms with Gasteiger partial charge in [0.25, 0.3) is 0 Å². The minimum absolute atomic E-state index is 0.228. The maximum atomic E-state index is 13.1. The number of aryl methyl sites for hydroxylation is 1. The van der Waals surface area contributed by atoms with Gasteiger partial charge in [0.15, 0.2) is 0 Å². The van der Waals surface area contributed by atoms with Crippen molar-refractivity contribution >= 4 is 28.3 Å². The number of hydrogen-bond acceptors (Lipinski definition) is 5. The van der Waals surface area contributed by atoms with Gasteiger partial charge in [0.05, 0.1) is 30.3 Å². The van der Waals surface area contributed by atoms with Crippen LogP contribution in [0.15, 0.2) is 66.7 Å². The summed E-state index contributed by atoms with van der Waals surface area (Å²) in [6, 6.07) is 21.2. The normalized spacial score (nSPS) is 14.5. The van der Waals surface area contributed by atoms with Crippen LogP contribution in [0.4, 0.5) is 16.3 Å². The van der Waals surface area contributed by atoms with Gasteiger partial charge >= 0.3 is 6.03 Å². The standard InChI is InChI=1S/C31H37N5O3/c1-22-9-11-23(12-10-22)36-29(21-28(33-36)31(2,3)4)35(30(32)37)26-13-14-27(25-8-6-5-7-24(25)26)39-20-17-34-15-18-38-19-16-34/h5-14,21H,15-20H2,1-4H3,(H2,32,37). The summed E-state index contributed by atoms with van der Waals surface area (Å²) < 4.78 is 13.5. The van der Waals surface area contributed by atoms with Crippen LogP contribution in [0.3, 0.4) is 0 Å². The van der Waals surface area contributed by atoms with E-state index in [4.69, 9.17) is 20.3 Å². The number of aromatic nitrogens is 2. The fourth-order valence-electron chi connectivity index (χ4n) is 4.81. The number of amides is 2. The molecule has 1 fully saturated rings. The fourth-order valence-corrected chi connectivity index (χ4v) is 4.81. The van der Waals surface area contributed by atoms with Crippen LogP contribution in [0.25, 0.3) is 16.5 Å². The first-order chi connectivity index (χ1) is 18.7. The average Bonchev–Trinajstić information content (AvgIpc) is 3.36. The average molecular weight is 528 g/mol. The van der Waals surface area contributed by atoms with Crippen LogP contribution < -0.4 is 15.4 Å². The van der Waals surface area contributed by atoms with Crippen LogP contribution in [0.2, 0.25) is 0 Å². The Labute approximate surface area is 229 Å². The Morgan fingerprint density at radius 1 is 1.03 bits per heavy atom. The number of rotatable bonds is 7. The van der Waals surface area contributed by atoms with Crippen molar-refractivity contribution in [3.63, 3.8) is 0 Å². The number of benzene rings is 3. The Balaban J connectivity index is 1.55. The number of anilines is 2. The van der Waals surface area contributed by atoms with E-state index in [0.717, 1.165) is 66.3 Å². The van der Waals surface area contributed by atoms with Crippen LogP contribution in [0.5, 0.6) is 5.75 Å². The summed E-state index contributed by atoms with van der Waals surface area (Å²) in [6.07, 6.45) is 0. The largest absolute Gasteiger partial charge is 0.492 e. The molecule has 4 aromatic rings. The van der Waals surface area contributed by atoms with E-state index >= 15 is 0 Å². The minimum Gasteiger partial charge on any atom is -0.492 e. The van der Waals surface area contributed by atoms with Gasteiger partial charge in [0.1, 0.15) is 18.2 Å². The Morgan fingerprint density at radius 3 is 2.38 bits per heavy atom. The summed E-state index contributed by atoms with van der Waals surface area (Å²) in [7, 11) is 0. The lowest BCUT2D eigenvalue weighted by molar-refractivity contribution is 0.0323. The third kappa shape index (κ3) is 5.77. The third-order valence-electron chi connectivity index (χ3n) is 7.06. The number of hydrogen-bond donors (Lipinski definition) is 1. The molecule has 1 saturated heterocycles. The molecule has 0 spiro atoms. The van der Waals surface area contributed by atoms with Crippen LogP contribution in [0, 0.1) is 6.92 Å². The maximum absolute atomic E-state index is 13.1. The topological polar surface area (TPSA) is 85.9 Å². The molecular formula is C31H37N5O3. The zero-order valence-electron chi connectivity index (χ0n) is 23.2. The number of carbonyl (C=O) groups excluding carboxylic acids is 1. The van der Waals surface area contributed by atoms with Crippen molar-refractivity contribution in [3.05, 3.63) is 78.0 Å². The predicted octanol–water partition coefficient (Wildman–Crippen LogP) is 5.56. The zero-order chi connectivity index (χ0) is 27.6.